The first kappa shape index (κ1) is 14.1. The lowest BCUT2D eigenvalue weighted by atomic mass is 10.00. The summed E-state index contributed by atoms with van der Waals surface area (Å²) in [5.74, 6) is 0.807. The number of para-hydroxylation sites is 1. The van der Waals surface area contributed by atoms with Crippen molar-refractivity contribution >= 4 is 11.6 Å². The van der Waals surface area contributed by atoms with Gasteiger partial charge < -0.3 is 11.1 Å². The van der Waals surface area contributed by atoms with Gasteiger partial charge in [-0.05, 0) is 24.6 Å². The fraction of sp³-hybridized carbons (Fsp3) is 0.235. The quantitative estimate of drug-likeness (QED) is 0.657. The van der Waals surface area contributed by atoms with Crippen LogP contribution in [0.2, 0.25) is 0 Å². The molecule has 0 radical (unpaired) electrons. The van der Waals surface area contributed by atoms with E-state index in [9.17, 15) is 0 Å². The van der Waals surface area contributed by atoms with Gasteiger partial charge in [-0.2, -0.15) is 0 Å². The van der Waals surface area contributed by atoms with Gasteiger partial charge in [-0.3, -0.25) is 4.99 Å². The first-order valence-corrected chi connectivity index (χ1v) is 6.83. The van der Waals surface area contributed by atoms with Crippen molar-refractivity contribution in [3.05, 3.63) is 65.7 Å². The molecule has 104 valence electrons. The predicted molar refractivity (Wildman–Crippen MR) is 86.1 cm³/mol. The van der Waals surface area contributed by atoms with E-state index in [1.54, 1.807) is 0 Å². The molecule has 0 amide bonds. The highest BCUT2D eigenvalue weighted by Crippen LogP contribution is 2.16. The number of nitrogens with zero attached hydrogens (tertiary/aromatic N) is 1. The lowest BCUT2D eigenvalue weighted by Crippen LogP contribution is -2.23. The molecule has 2 rings (SSSR count). The summed E-state index contributed by atoms with van der Waals surface area (Å²) in [6.07, 6.45) is 0. The third kappa shape index (κ3) is 4.12. The summed E-state index contributed by atoms with van der Waals surface area (Å²) in [6.45, 7) is 4.94. The van der Waals surface area contributed by atoms with E-state index in [4.69, 9.17) is 5.73 Å². The maximum absolute atomic E-state index is 5.90. The predicted octanol–water partition coefficient (Wildman–Crippen LogP) is 3.53. The second-order valence-electron chi connectivity index (χ2n) is 5.03. The van der Waals surface area contributed by atoms with E-state index in [2.05, 4.69) is 48.4 Å². The smallest absolute Gasteiger partial charge is 0.193 e. The van der Waals surface area contributed by atoms with E-state index in [-0.39, 0.29) is 0 Å². The Bertz CT molecular complexity index is 576. The SMILES string of the molecule is Cc1cccc(C(C)CN=C(N)Nc2ccccc2)c1. The third-order valence-electron chi connectivity index (χ3n) is 3.19. The summed E-state index contributed by atoms with van der Waals surface area (Å²) < 4.78 is 0. The zero-order valence-electron chi connectivity index (χ0n) is 12.0. The number of nitrogens with two attached hydrogens (primary N) is 1. The van der Waals surface area contributed by atoms with Gasteiger partial charge in [0.2, 0.25) is 0 Å². The van der Waals surface area contributed by atoms with E-state index in [0.717, 1.165) is 5.69 Å². The first-order valence-electron chi connectivity index (χ1n) is 6.83. The van der Waals surface area contributed by atoms with Crippen LogP contribution in [0.5, 0.6) is 0 Å². The number of hydrogen-bond acceptors (Lipinski definition) is 1. The standard InChI is InChI=1S/C17H21N3/c1-13-7-6-8-15(11-13)14(2)12-19-17(18)20-16-9-4-3-5-10-16/h3-11,14H,12H2,1-2H3,(H3,18,19,20). The van der Waals surface area contributed by atoms with Gasteiger partial charge in [-0.15, -0.1) is 0 Å². The number of hydrogen-bond donors (Lipinski definition) is 2. The number of nitrogens with one attached hydrogen (secondary N) is 1. The summed E-state index contributed by atoms with van der Waals surface area (Å²) in [6, 6.07) is 18.3. The van der Waals surface area contributed by atoms with Crippen molar-refractivity contribution in [3.8, 4) is 0 Å². The number of aliphatic imine (C=N–C) groups is 1. The fourth-order valence-electron chi connectivity index (χ4n) is 2.03. The molecular formula is C17H21N3. The molecule has 3 nitrogen and oxygen atoms in total. The lowest BCUT2D eigenvalue weighted by Gasteiger charge is -2.11. The Hall–Kier alpha value is -2.29. The molecule has 0 spiro atoms. The van der Waals surface area contributed by atoms with E-state index in [1.165, 1.54) is 11.1 Å². The molecule has 3 heteroatoms. The Morgan fingerprint density at radius 1 is 1.15 bits per heavy atom. The van der Waals surface area contributed by atoms with Crippen molar-refractivity contribution in [2.75, 3.05) is 11.9 Å². The number of anilines is 1. The van der Waals surface area contributed by atoms with Crippen molar-refractivity contribution in [3.63, 3.8) is 0 Å². The number of aryl methyl sites for hydroxylation is 1. The number of benzene rings is 2. The van der Waals surface area contributed by atoms with Crippen LogP contribution in [0.15, 0.2) is 59.6 Å². The fourth-order valence-corrected chi connectivity index (χ4v) is 2.03. The molecule has 0 aliphatic carbocycles. The van der Waals surface area contributed by atoms with Crippen molar-refractivity contribution in [2.24, 2.45) is 10.7 Å². The van der Waals surface area contributed by atoms with Crippen LogP contribution in [0.4, 0.5) is 5.69 Å². The summed E-state index contributed by atoms with van der Waals surface area (Å²) >= 11 is 0. The Morgan fingerprint density at radius 3 is 2.60 bits per heavy atom. The van der Waals surface area contributed by atoms with Crippen LogP contribution in [-0.2, 0) is 0 Å². The highest BCUT2D eigenvalue weighted by Gasteiger charge is 2.05. The molecule has 0 fully saturated rings. The highest BCUT2D eigenvalue weighted by molar-refractivity contribution is 5.92. The Morgan fingerprint density at radius 2 is 1.90 bits per heavy atom. The van der Waals surface area contributed by atoms with Crippen molar-refractivity contribution in [1.82, 2.24) is 0 Å². The molecule has 2 aromatic carbocycles. The first-order chi connectivity index (χ1) is 9.65. The minimum absolute atomic E-state index is 0.353. The normalized spacial score (nSPS) is 13.0. The van der Waals surface area contributed by atoms with Crippen molar-refractivity contribution < 1.29 is 0 Å². The molecule has 0 aromatic heterocycles. The Labute approximate surface area is 120 Å². The zero-order chi connectivity index (χ0) is 14.4. The van der Waals surface area contributed by atoms with Gasteiger partial charge in [-0.25, -0.2) is 0 Å². The average molecular weight is 267 g/mol. The van der Waals surface area contributed by atoms with Gasteiger partial charge in [-0.1, -0.05) is 55.0 Å². The molecule has 1 unspecified atom stereocenters. The molecule has 0 heterocycles. The molecule has 0 bridgehead atoms. The van der Waals surface area contributed by atoms with Gasteiger partial charge in [0, 0.05) is 18.2 Å². The van der Waals surface area contributed by atoms with Crippen molar-refractivity contribution in [2.45, 2.75) is 19.8 Å². The summed E-state index contributed by atoms with van der Waals surface area (Å²) in [5.41, 5.74) is 9.42. The van der Waals surface area contributed by atoms with Gasteiger partial charge in [0.05, 0.1) is 0 Å². The minimum Gasteiger partial charge on any atom is -0.370 e. The van der Waals surface area contributed by atoms with Gasteiger partial charge in [0.15, 0.2) is 5.96 Å². The van der Waals surface area contributed by atoms with Crippen LogP contribution in [0.1, 0.15) is 24.0 Å². The molecule has 0 aliphatic rings. The average Bonchev–Trinajstić information content (AvgIpc) is 2.46. The third-order valence-corrected chi connectivity index (χ3v) is 3.19. The highest BCUT2D eigenvalue weighted by atomic mass is 15.1. The molecular weight excluding hydrogens is 246 g/mol. The molecule has 0 saturated carbocycles. The summed E-state index contributed by atoms with van der Waals surface area (Å²) in [4.78, 5) is 4.41. The summed E-state index contributed by atoms with van der Waals surface area (Å²) in [7, 11) is 0. The second kappa shape index (κ2) is 6.75. The van der Waals surface area contributed by atoms with E-state index >= 15 is 0 Å². The van der Waals surface area contributed by atoms with Crippen LogP contribution >= 0.6 is 0 Å². The van der Waals surface area contributed by atoms with E-state index in [1.807, 2.05) is 30.3 Å². The van der Waals surface area contributed by atoms with Crippen LogP contribution in [-0.4, -0.2) is 12.5 Å². The van der Waals surface area contributed by atoms with Crippen LogP contribution < -0.4 is 11.1 Å². The van der Waals surface area contributed by atoms with Gasteiger partial charge >= 0.3 is 0 Å². The number of guanidine groups is 1. The Kier molecular flexibility index (Phi) is 4.77. The monoisotopic (exact) mass is 267 g/mol. The largest absolute Gasteiger partial charge is 0.370 e. The number of rotatable bonds is 4. The molecule has 3 N–H and O–H groups in total. The lowest BCUT2D eigenvalue weighted by molar-refractivity contribution is 0.773. The second-order valence-corrected chi connectivity index (χ2v) is 5.03. The molecule has 2 aromatic rings. The molecule has 1 atom stereocenters. The van der Waals surface area contributed by atoms with E-state index < -0.39 is 0 Å². The molecule has 0 aliphatic heterocycles. The summed E-state index contributed by atoms with van der Waals surface area (Å²) in [5, 5.41) is 3.09. The van der Waals surface area contributed by atoms with Crippen LogP contribution in [0.25, 0.3) is 0 Å². The van der Waals surface area contributed by atoms with Gasteiger partial charge in [0.25, 0.3) is 0 Å². The maximum Gasteiger partial charge on any atom is 0.193 e. The topological polar surface area (TPSA) is 50.4 Å². The van der Waals surface area contributed by atoms with Crippen LogP contribution in [0, 0.1) is 6.92 Å². The molecule has 20 heavy (non-hydrogen) atoms. The molecule has 0 saturated heterocycles. The van der Waals surface area contributed by atoms with Gasteiger partial charge in [0.1, 0.15) is 0 Å². The van der Waals surface area contributed by atoms with Crippen LogP contribution in [0.3, 0.4) is 0 Å². The minimum atomic E-state index is 0.353. The maximum atomic E-state index is 5.90. The van der Waals surface area contributed by atoms with E-state index in [0.29, 0.717) is 18.4 Å². The zero-order valence-corrected chi connectivity index (χ0v) is 12.0. The Balaban J connectivity index is 1.94. The van der Waals surface area contributed by atoms with Crippen molar-refractivity contribution in [1.29, 1.82) is 0 Å².